The van der Waals surface area contributed by atoms with Crippen LogP contribution in [0.5, 0.6) is 0 Å². The lowest BCUT2D eigenvalue weighted by Crippen LogP contribution is -3.14. The third-order valence-electron chi connectivity index (χ3n) is 5.72. The first-order chi connectivity index (χ1) is 15.0. The van der Waals surface area contributed by atoms with Crippen LogP contribution in [0.3, 0.4) is 0 Å². The molecule has 0 radical (unpaired) electrons. The second-order valence-corrected chi connectivity index (χ2v) is 7.75. The minimum atomic E-state index is -0.347. The van der Waals surface area contributed by atoms with Crippen molar-refractivity contribution in [3.63, 3.8) is 0 Å². The number of nitrogens with one attached hydrogen (secondary N) is 2. The number of fused-ring (bicyclic) bond motifs is 2. The molecule has 9 nitrogen and oxygen atoms in total. The van der Waals surface area contributed by atoms with Crippen molar-refractivity contribution in [1.82, 2.24) is 14.7 Å². The summed E-state index contributed by atoms with van der Waals surface area (Å²) in [6.07, 6.45) is 3.28. The monoisotopic (exact) mass is 424 g/mol. The maximum absolute atomic E-state index is 13.3. The summed E-state index contributed by atoms with van der Waals surface area (Å²) < 4.78 is 8.75. The molecule has 0 bridgehead atoms. The number of nitrogen functional groups attached to an aromatic ring is 1. The van der Waals surface area contributed by atoms with Gasteiger partial charge in [0.15, 0.2) is 0 Å². The minimum absolute atomic E-state index is 0.228. The summed E-state index contributed by atoms with van der Waals surface area (Å²) in [7, 11) is 0. The van der Waals surface area contributed by atoms with Crippen molar-refractivity contribution in [3.8, 4) is 0 Å². The van der Waals surface area contributed by atoms with E-state index in [2.05, 4.69) is 11.9 Å². The number of ether oxygens (including phenoxy) is 1. The maximum atomic E-state index is 13.3. The molecule has 0 spiro atoms. The van der Waals surface area contributed by atoms with Crippen molar-refractivity contribution >= 4 is 28.4 Å². The highest BCUT2D eigenvalue weighted by Crippen LogP contribution is 2.15. The Morgan fingerprint density at radius 1 is 1.45 bits per heavy atom. The van der Waals surface area contributed by atoms with Crippen LogP contribution >= 0.6 is 0 Å². The Balaban J connectivity index is 1.89. The fourth-order valence-corrected chi connectivity index (χ4v) is 3.96. The second kappa shape index (κ2) is 8.83. The number of nitrogens with two attached hydrogens (primary N) is 1. The van der Waals surface area contributed by atoms with Gasteiger partial charge < -0.3 is 20.7 Å². The van der Waals surface area contributed by atoms with Gasteiger partial charge in [0, 0.05) is 18.3 Å². The van der Waals surface area contributed by atoms with Crippen LogP contribution in [0.4, 0.5) is 5.82 Å². The van der Waals surface area contributed by atoms with Crippen LogP contribution in [0.15, 0.2) is 41.8 Å². The zero-order valence-corrected chi connectivity index (χ0v) is 17.7. The van der Waals surface area contributed by atoms with Gasteiger partial charge in [-0.25, -0.2) is 4.57 Å². The smallest absolute Gasteiger partial charge is 0.278 e. The highest BCUT2D eigenvalue weighted by Gasteiger charge is 2.26. The number of hydrogen-bond acceptors (Lipinski definition) is 5. The van der Waals surface area contributed by atoms with Crippen LogP contribution < -0.4 is 26.1 Å². The lowest BCUT2D eigenvalue weighted by molar-refractivity contribution is -0.923. The number of hydrogen-bond donors (Lipinski definition) is 3. The SMILES string of the molecule is C=CCNC(=O)c1cc2c(=O)n3cccc(C)c3nc2[n+](CC[NH+]2CCOCC2)c1N. The summed E-state index contributed by atoms with van der Waals surface area (Å²) in [6, 6.07) is 5.27. The molecule has 0 aromatic carbocycles. The number of morpholine rings is 1. The van der Waals surface area contributed by atoms with Crippen LogP contribution in [-0.4, -0.2) is 54.7 Å². The summed E-state index contributed by atoms with van der Waals surface area (Å²) in [5.41, 5.74) is 8.45. The molecule has 1 aliphatic rings. The highest BCUT2D eigenvalue weighted by molar-refractivity contribution is 6.00. The number of nitrogens with zero attached hydrogens (tertiary/aromatic N) is 3. The van der Waals surface area contributed by atoms with E-state index in [0.29, 0.717) is 35.6 Å². The lowest BCUT2D eigenvalue weighted by atomic mass is 10.1. The molecule has 0 unspecified atom stereocenters. The molecule has 1 amide bonds. The van der Waals surface area contributed by atoms with Gasteiger partial charge in [-0.2, -0.15) is 0 Å². The number of aromatic nitrogens is 3. The number of carbonyl (C=O) groups is 1. The van der Waals surface area contributed by atoms with Gasteiger partial charge in [-0.05, 0) is 19.1 Å². The summed E-state index contributed by atoms with van der Waals surface area (Å²) in [5, 5.41) is 3.11. The predicted octanol–water partition coefficient (Wildman–Crippen LogP) is -1.14. The molecular weight excluding hydrogens is 396 g/mol. The van der Waals surface area contributed by atoms with Crippen LogP contribution in [0, 0.1) is 6.92 Å². The maximum Gasteiger partial charge on any atom is 0.278 e. The zero-order chi connectivity index (χ0) is 22.0. The largest absolute Gasteiger partial charge is 0.370 e. The second-order valence-electron chi connectivity index (χ2n) is 7.75. The standard InChI is InChI=1S/C22H26N6O3/c1-3-6-24-21(29)16-14-17-20(25-19-15(2)5-4-7-28(19)22(17)30)27(18(16)23)9-8-26-10-12-31-13-11-26/h3-5,7,14,23H,1,6,8-13H2,2H3,(H,24,29)/p+2. The van der Waals surface area contributed by atoms with Crippen molar-refractivity contribution in [1.29, 1.82) is 0 Å². The van der Waals surface area contributed by atoms with E-state index in [9.17, 15) is 9.59 Å². The molecule has 4 N–H and O–H groups in total. The highest BCUT2D eigenvalue weighted by atomic mass is 16.5. The van der Waals surface area contributed by atoms with E-state index in [1.54, 1.807) is 22.9 Å². The number of aryl methyl sites for hydroxylation is 1. The number of rotatable bonds is 6. The lowest BCUT2D eigenvalue weighted by Gasteiger charge is -2.23. The summed E-state index contributed by atoms with van der Waals surface area (Å²) >= 11 is 0. The number of anilines is 1. The quantitative estimate of drug-likeness (QED) is 0.263. The molecule has 0 atom stereocenters. The van der Waals surface area contributed by atoms with E-state index in [1.165, 1.54) is 9.30 Å². The Morgan fingerprint density at radius 2 is 2.23 bits per heavy atom. The number of amides is 1. The van der Waals surface area contributed by atoms with E-state index in [4.69, 9.17) is 15.5 Å². The Hall–Kier alpha value is -3.30. The Labute approximate surface area is 179 Å². The van der Waals surface area contributed by atoms with Gasteiger partial charge in [0.25, 0.3) is 17.1 Å². The zero-order valence-electron chi connectivity index (χ0n) is 17.7. The van der Waals surface area contributed by atoms with E-state index >= 15 is 0 Å². The third-order valence-corrected chi connectivity index (χ3v) is 5.72. The molecular formula is C22H28N6O3+2. The molecule has 3 aromatic heterocycles. The molecule has 0 saturated carbocycles. The molecule has 162 valence electrons. The summed E-state index contributed by atoms with van der Waals surface area (Å²) in [4.78, 5) is 32.2. The summed E-state index contributed by atoms with van der Waals surface area (Å²) in [6.45, 7) is 10.5. The van der Waals surface area contributed by atoms with Crippen molar-refractivity contribution in [2.45, 2.75) is 13.5 Å². The third kappa shape index (κ3) is 4.01. The van der Waals surface area contributed by atoms with Gasteiger partial charge in [-0.3, -0.25) is 14.0 Å². The van der Waals surface area contributed by atoms with Gasteiger partial charge in [0.05, 0.1) is 13.2 Å². The number of carbonyl (C=O) groups excluding carboxylic acids is 1. The average molecular weight is 425 g/mol. The molecule has 9 heteroatoms. The normalized spacial score (nSPS) is 14.7. The van der Waals surface area contributed by atoms with Crippen molar-refractivity contribution < 1.29 is 19.0 Å². The fraction of sp³-hybridized carbons (Fsp3) is 0.364. The average Bonchev–Trinajstić information content (AvgIpc) is 2.78. The van der Waals surface area contributed by atoms with Gasteiger partial charge in [-0.15, -0.1) is 6.58 Å². The molecule has 1 aliphatic heterocycles. The van der Waals surface area contributed by atoms with E-state index in [0.717, 1.165) is 38.4 Å². The summed E-state index contributed by atoms with van der Waals surface area (Å²) in [5.74, 6) is -0.0490. The molecule has 1 fully saturated rings. The van der Waals surface area contributed by atoms with Crippen molar-refractivity contribution in [3.05, 3.63) is 58.5 Å². The fourth-order valence-electron chi connectivity index (χ4n) is 3.96. The van der Waals surface area contributed by atoms with E-state index in [-0.39, 0.29) is 17.0 Å². The van der Waals surface area contributed by atoms with E-state index in [1.807, 2.05) is 19.1 Å². The topological polar surface area (TPSA) is 107 Å². The van der Waals surface area contributed by atoms with E-state index < -0.39 is 0 Å². The van der Waals surface area contributed by atoms with Crippen molar-refractivity contribution in [2.75, 3.05) is 45.1 Å². The molecule has 1 saturated heterocycles. The van der Waals surface area contributed by atoms with Crippen molar-refractivity contribution in [2.24, 2.45) is 0 Å². The Bertz CT molecular complexity index is 1210. The number of quaternary nitrogens is 1. The first kappa shape index (κ1) is 21.0. The molecule has 4 heterocycles. The Morgan fingerprint density at radius 3 is 2.97 bits per heavy atom. The first-order valence-corrected chi connectivity index (χ1v) is 10.5. The molecule has 31 heavy (non-hydrogen) atoms. The molecule has 3 aromatic rings. The molecule has 4 rings (SSSR count). The van der Waals surface area contributed by atoms with Gasteiger partial charge >= 0.3 is 0 Å². The van der Waals surface area contributed by atoms with Gasteiger partial charge in [0.1, 0.15) is 37.1 Å². The first-order valence-electron chi connectivity index (χ1n) is 10.5. The predicted molar refractivity (Wildman–Crippen MR) is 117 cm³/mol. The van der Waals surface area contributed by atoms with Gasteiger partial charge in [0.2, 0.25) is 11.5 Å². The van der Waals surface area contributed by atoms with Gasteiger partial charge in [-0.1, -0.05) is 17.1 Å². The Kier molecular flexibility index (Phi) is 5.97. The number of pyridine rings is 2. The van der Waals surface area contributed by atoms with Crippen LogP contribution in [-0.2, 0) is 11.3 Å². The molecule has 0 aliphatic carbocycles. The van der Waals surface area contributed by atoms with Crippen LogP contribution in [0.2, 0.25) is 0 Å². The minimum Gasteiger partial charge on any atom is -0.370 e. The van der Waals surface area contributed by atoms with Crippen LogP contribution in [0.25, 0.3) is 16.7 Å². The van der Waals surface area contributed by atoms with Crippen LogP contribution in [0.1, 0.15) is 15.9 Å².